The summed E-state index contributed by atoms with van der Waals surface area (Å²) in [6.45, 7) is 9.44. The molecule has 0 saturated heterocycles. The van der Waals surface area contributed by atoms with E-state index in [-0.39, 0.29) is 12.1 Å². The van der Waals surface area contributed by atoms with Crippen molar-refractivity contribution >= 4 is 0 Å². The van der Waals surface area contributed by atoms with Crippen molar-refractivity contribution in [2.75, 3.05) is 7.11 Å². The van der Waals surface area contributed by atoms with Crippen molar-refractivity contribution in [1.82, 2.24) is 20.2 Å². The maximum absolute atomic E-state index is 5.67. The first-order valence-corrected chi connectivity index (χ1v) is 6.85. The first kappa shape index (κ1) is 16.1. The monoisotopic (exact) mass is 269 g/mol. The van der Waals surface area contributed by atoms with Crippen LogP contribution in [0.4, 0.5) is 0 Å². The molecule has 0 fully saturated rings. The Balaban J connectivity index is 2.78. The Morgan fingerprint density at radius 1 is 1.37 bits per heavy atom. The van der Waals surface area contributed by atoms with Gasteiger partial charge in [0.1, 0.15) is 12.2 Å². The smallest absolute Gasteiger partial charge is 0.138 e. The summed E-state index contributed by atoms with van der Waals surface area (Å²) < 4.78 is 7.48. The van der Waals surface area contributed by atoms with Crippen molar-refractivity contribution in [1.29, 1.82) is 0 Å². The van der Waals surface area contributed by atoms with Gasteiger partial charge in [-0.15, -0.1) is 0 Å². The molecule has 0 aliphatic carbocycles. The Kier molecular flexibility index (Phi) is 6.41. The van der Waals surface area contributed by atoms with Crippen LogP contribution in [0.1, 0.15) is 33.5 Å². The Bertz CT molecular complexity index is 364. The number of hydrogen-bond acceptors (Lipinski definition) is 5. The second kappa shape index (κ2) is 7.57. The summed E-state index contributed by atoms with van der Waals surface area (Å²) in [4.78, 5) is 4.33. The van der Waals surface area contributed by atoms with Crippen molar-refractivity contribution in [3.63, 3.8) is 0 Å². The van der Waals surface area contributed by atoms with Gasteiger partial charge in [-0.1, -0.05) is 27.7 Å². The quantitative estimate of drug-likeness (QED) is 0.543. The molecular weight excluding hydrogens is 242 g/mol. The maximum Gasteiger partial charge on any atom is 0.138 e. The number of ether oxygens (including phenoxy) is 1. The molecule has 0 saturated carbocycles. The van der Waals surface area contributed by atoms with Crippen LogP contribution in [0.15, 0.2) is 6.33 Å². The fraction of sp³-hybridized carbons (Fsp3) is 0.846. The van der Waals surface area contributed by atoms with E-state index in [1.165, 1.54) is 0 Å². The second-order valence-electron chi connectivity index (χ2n) is 5.67. The minimum Gasteiger partial charge on any atom is -0.379 e. The number of nitrogens with one attached hydrogen (secondary N) is 1. The zero-order chi connectivity index (χ0) is 14.4. The van der Waals surface area contributed by atoms with E-state index >= 15 is 0 Å². The van der Waals surface area contributed by atoms with Crippen LogP contribution in [0.3, 0.4) is 0 Å². The van der Waals surface area contributed by atoms with E-state index < -0.39 is 0 Å². The molecule has 2 atom stereocenters. The zero-order valence-corrected chi connectivity index (χ0v) is 12.6. The Morgan fingerprint density at radius 3 is 2.53 bits per heavy atom. The summed E-state index contributed by atoms with van der Waals surface area (Å²) in [6.07, 6.45) is 2.36. The molecule has 1 heterocycles. The van der Waals surface area contributed by atoms with Crippen LogP contribution in [0.25, 0.3) is 0 Å². The van der Waals surface area contributed by atoms with Gasteiger partial charge in [-0.2, -0.15) is 5.10 Å². The summed E-state index contributed by atoms with van der Waals surface area (Å²) in [5.41, 5.74) is 2.85. The van der Waals surface area contributed by atoms with Gasteiger partial charge in [0, 0.05) is 20.1 Å². The van der Waals surface area contributed by atoms with Gasteiger partial charge in [0.2, 0.25) is 0 Å². The van der Waals surface area contributed by atoms with Gasteiger partial charge >= 0.3 is 0 Å². The van der Waals surface area contributed by atoms with E-state index in [1.54, 1.807) is 13.4 Å². The molecule has 0 aliphatic rings. The summed E-state index contributed by atoms with van der Waals surface area (Å²) in [7, 11) is 1.72. The summed E-state index contributed by atoms with van der Waals surface area (Å²) in [5, 5.41) is 4.27. The van der Waals surface area contributed by atoms with Gasteiger partial charge in [0.25, 0.3) is 0 Å². The summed E-state index contributed by atoms with van der Waals surface area (Å²) in [6, 6.07) is 0.0279. The van der Waals surface area contributed by atoms with Gasteiger partial charge in [0.05, 0.1) is 12.1 Å². The normalized spacial score (nSPS) is 15.2. The van der Waals surface area contributed by atoms with Crippen molar-refractivity contribution < 1.29 is 4.74 Å². The summed E-state index contributed by atoms with van der Waals surface area (Å²) >= 11 is 0. The molecule has 1 aromatic rings. The highest BCUT2D eigenvalue weighted by Gasteiger charge is 2.25. The molecule has 3 N–H and O–H groups in total. The third kappa shape index (κ3) is 4.56. The minimum atomic E-state index is 0.0279. The SMILES string of the molecule is COC(C(C)C)C(Cc1ncnn1CC(C)C)NN. The maximum atomic E-state index is 5.67. The first-order valence-electron chi connectivity index (χ1n) is 6.85. The molecule has 0 spiro atoms. The molecule has 0 amide bonds. The van der Waals surface area contributed by atoms with Crippen molar-refractivity contribution in [2.24, 2.45) is 17.7 Å². The topological polar surface area (TPSA) is 78.0 Å². The van der Waals surface area contributed by atoms with Gasteiger partial charge in [-0.3, -0.25) is 11.3 Å². The van der Waals surface area contributed by atoms with Crippen LogP contribution >= 0.6 is 0 Å². The molecule has 110 valence electrons. The Morgan fingerprint density at radius 2 is 2.05 bits per heavy atom. The fourth-order valence-corrected chi connectivity index (χ4v) is 2.31. The molecule has 6 nitrogen and oxygen atoms in total. The fourth-order valence-electron chi connectivity index (χ4n) is 2.31. The van der Waals surface area contributed by atoms with E-state index in [2.05, 4.69) is 43.2 Å². The average Bonchev–Trinajstić information content (AvgIpc) is 2.74. The van der Waals surface area contributed by atoms with Crippen LogP contribution in [-0.2, 0) is 17.7 Å². The predicted octanol–water partition coefficient (Wildman–Crippen LogP) is 0.980. The van der Waals surface area contributed by atoms with Crippen LogP contribution in [0, 0.1) is 11.8 Å². The molecule has 0 bridgehead atoms. The lowest BCUT2D eigenvalue weighted by molar-refractivity contribution is 0.0323. The largest absolute Gasteiger partial charge is 0.379 e. The lowest BCUT2D eigenvalue weighted by Gasteiger charge is -2.28. The molecule has 1 rings (SSSR count). The first-order chi connectivity index (χ1) is 8.99. The van der Waals surface area contributed by atoms with Gasteiger partial charge in [0.15, 0.2) is 0 Å². The molecule has 0 aliphatic heterocycles. The number of rotatable bonds is 8. The van der Waals surface area contributed by atoms with E-state index in [9.17, 15) is 0 Å². The lowest BCUT2D eigenvalue weighted by Crippen LogP contribution is -2.49. The second-order valence-corrected chi connectivity index (χ2v) is 5.67. The highest BCUT2D eigenvalue weighted by atomic mass is 16.5. The number of nitrogens with two attached hydrogens (primary N) is 1. The van der Waals surface area contributed by atoms with Crippen LogP contribution in [-0.4, -0.2) is 34.0 Å². The van der Waals surface area contributed by atoms with Crippen LogP contribution in [0.2, 0.25) is 0 Å². The average molecular weight is 269 g/mol. The standard InChI is InChI=1S/C13H27N5O/c1-9(2)7-18-12(15-8-16-18)6-11(17-14)13(19-5)10(3)4/h8-11,13,17H,6-7,14H2,1-5H3. The number of hydrogen-bond donors (Lipinski definition) is 2. The number of methoxy groups -OCH3 is 1. The van der Waals surface area contributed by atoms with Crippen LogP contribution in [0.5, 0.6) is 0 Å². The molecule has 1 aromatic heterocycles. The third-order valence-electron chi connectivity index (χ3n) is 3.18. The molecule has 2 unspecified atom stereocenters. The van der Waals surface area contributed by atoms with E-state index in [0.717, 1.165) is 12.4 Å². The molecule has 0 aromatic carbocycles. The molecular formula is C13H27N5O. The van der Waals surface area contributed by atoms with Crippen molar-refractivity contribution in [3.05, 3.63) is 12.2 Å². The third-order valence-corrected chi connectivity index (χ3v) is 3.18. The minimum absolute atomic E-state index is 0.0279. The van der Waals surface area contributed by atoms with Crippen LogP contribution < -0.4 is 11.3 Å². The Labute approximate surface area is 115 Å². The number of hydrazine groups is 1. The van der Waals surface area contributed by atoms with E-state index in [0.29, 0.717) is 18.3 Å². The highest BCUT2D eigenvalue weighted by molar-refractivity contribution is 4.93. The van der Waals surface area contributed by atoms with Gasteiger partial charge < -0.3 is 4.74 Å². The molecule has 6 heteroatoms. The summed E-state index contributed by atoms with van der Waals surface area (Å²) in [5.74, 6) is 7.53. The zero-order valence-electron chi connectivity index (χ0n) is 12.6. The van der Waals surface area contributed by atoms with Crippen molar-refractivity contribution in [3.8, 4) is 0 Å². The Hall–Kier alpha value is -0.980. The predicted molar refractivity (Wildman–Crippen MR) is 75.3 cm³/mol. The lowest BCUT2D eigenvalue weighted by atomic mass is 9.97. The molecule has 0 radical (unpaired) electrons. The van der Waals surface area contributed by atoms with Gasteiger partial charge in [-0.05, 0) is 11.8 Å². The van der Waals surface area contributed by atoms with Gasteiger partial charge in [-0.25, -0.2) is 9.67 Å². The number of nitrogens with zero attached hydrogens (tertiary/aromatic N) is 3. The molecule has 19 heavy (non-hydrogen) atoms. The van der Waals surface area contributed by atoms with E-state index in [4.69, 9.17) is 10.6 Å². The van der Waals surface area contributed by atoms with Crippen molar-refractivity contribution in [2.45, 2.75) is 52.8 Å². The number of aromatic nitrogens is 3. The van der Waals surface area contributed by atoms with E-state index in [1.807, 2.05) is 4.68 Å². The highest BCUT2D eigenvalue weighted by Crippen LogP contribution is 2.14.